The fraction of sp³-hybridized carbons (Fsp3) is 0.412. The average Bonchev–Trinajstić information content (AvgIpc) is 2.59. The van der Waals surface area contributed by atoms with E-state index in [1.165, 1.54) is 27.2 Å². The number of anilines is 1. The van der Waals surface area contributed by atoms with E-state index in [9.17, 15) is 19.2 Å². The molecular formula is C17H22N2O6. The van der Waals surface area contributed by atoms with Crippen molar-refractivity contribution in [3.05, 3.63) is 29.8 Å². The lowest BCUT2D eigenvalue weighted by Gasteiger charge is -2.19. The van der Waals surface area contributed by atoms with Crippen LogP contribution in [0.5, 0.6) is 0 Å². The van der Waals surface area contributed by atoms with E-state index in [1.807, 2.05) is 0 Å². The van der Waals surface area contributed by atoms with E-state index >= 15 is 0 Å². The number of benzene rings is 1. The Kier molecular flexibility index (Phi) is 7.58. The van der Waals surface area contributed by atoms with Crippen molar-refractivity contribution in [1.29, 1.82) is 0 Å². The van der Waals surface area contributed by atoms with E-state index in [4.69, 9.17) is 0 Å². The van der Waals surface area contributed by atoms with Crippen LogP contribution >= 0.6 is 0 Å². The number of nitrogens with one attached hydrogen (secondary N) is 2. The van der Waals surface area contributed by atoms with Crippen molar-refractivity contribution in [1.82, 2.24) is 5.32 Å². The molecule has 0 bridgehead atoms. The molecule has 0 aliphatic heterocycles. The summed E-state index contributed by atoms with van der Waals surface area (Å²) in [5.41, 5.74) is 0.712. The van der Waals surface area contributed by atoms with Gasteiger partial charge < -0.3 is 20.1 Å². The Morgan fingerprint density at radius 1 is 1.08 bits per heavy atom. The SMILES string of the molecule is COC(=O)[C@H](C[C@H](C)C(=O)OC)NC(=O)c1cccc(NC(C)=O)c1. The highest BCUT2D eigenvalue weighted by atomic mass is 16.5. The number of amides is 2. The molecule has 2 atom stereocenters. The van der Waals surface area contributed by atoms with Gasteiger partial charge in [0.15, 0.2) is 0 Å². The molecular weight excluding hydrogens is 328 g/mol. The van der Waals surface area contributed by atoms with Gasteiger partial charge in [-0.2, -0.15) is 0 Å². The fourth-order valence-electron chi connectivity index (χ4n) is 2.19. The van der Waals surface area contributed by atoms with Crippen molar-refractivity contribution >= 4 is 29.4 Å². The van der Waals surface area contributed by atoms with Crippen LogP contribution < -0.4 is 10.6 Å². The molecule has 0 aliphatic rings. The van der Waals surface area contributed by atoms with Crippen LogP contribution in [0.15, 0.2) is 24.3 Å². The van der Waals surface area contributed by atoms with Crippen LogP contribution in [0.25, 0.3) is 0 Å². The molecule has 0 aliphatic carbocycles. The van der Waals surface area contributed by atoms with Crippen LogP contribution in [0.4, 0.5) is 5.69 Å². The standard InChI is InChI=1S/C17H22N2O6/c1-10(16(22)24-3)8-14(17(23)25-4)19-15(21)12-6-5-7-13(9-12)18-11(2)20/h5-7,9-10,14H,8H2,1-4H3,(H,18,20)(H,19,21)/t10-,14-/m0/s1. The van der Waals surface area contributed by atoms with E-state index in [-0.39, 0.29) is 17.9 Å². The lowest BCUT2D eigenvalue weighted by atomic mass is 10.0. The highest BCUT2D eigenvalue weighted by Crippen LogP contribution is 2.13. The van der Waals surface area contributed by atoms with Crippen LogP contribution in [0.3, 0.4) is 0 Å². The highest BCUT2D eigenvalue weighted by molar-refractivity contribution is 5.98. The van der Waals surface area contributed by atoms with Gasteiger partial charge in [-0.1, -0.05) is 13.0 Å². The molecule has 2 amide bonds. The normalized spacial score (nSPS) is 12.5. The van der Waals surface area contributed by atoms with Gasteiger partial charge in [0.25, 0.3) is 5.91 Å². The summed E-state index contributed by atoms with van der Waals surface area (Å²) in [6.45, 7) is 2.94. The van der Waals surface area contributed by atoms with Crippen LogP contribution in [0.2, 0.25) is 0 Å². The molecule has 8 nitrogen and oxygen atoms in total. The van der Waals surface area contributed by atoms with Gasteiger partial charge in [0, 0.05) is 18.2 Å². The molecule has 1 rings (SSSR count). The third-order valence-corrected chi connectivity index (χ3v) is 3.43. The first-order valence-corrected chi connectivity index (χ1v) is 7.62. The lowest BCUT2D eigenvalue weighted by Crippen LogP contribution is -2.43. The van der Waals surface area contributed by atoms with Crippen LogP contribution in [0.1, 0.15) is 30.6 Å². The van der Waals surface area contributed by atoms with E-state index in [0.717, 1.165) is 0 Å². The molecule has 0 saturated heterocycles. The van der Waals surface area contributed by atoms with Gasteiger partial charge in [0.1, 0.15) is 6.04 Å². The summed E-state index contributed by atoms with van der Waals surface area (Å²) in [5.74, 6) is -2.55. The van der Waals surface area contributed by atoms with Crippen molar-refractivity contribution in [3.8, 4) is 0 Å². The molecule has 2 N–H and O–H groups in total. The molecule has 0 saturated carbocycles. The molecule has 25 heavy (non-hydrogen) atoms. The quantitative estimate of drug-likeness (QED) is 0.713. The third kappa shape index (κ3) is 6.25. The lowest BCUT2D eigenvalue weighted by molar-refractivity contribution is -0.147. The van der Waals surface area contributed by atoms with Crippen molar-refractivity contribution in [2.75, 3.05) is 19.5 Å². The summed E-state index contributed by atoms with van der Waals surface area (Å²) < 4.78 is 9.30. The highest BCUT2D eigenvalue weighted by Gasteiger charge is 2.27. The van der Waals surface area contributed by atoms with Gasteiger partial charge in [-0.25, -0.2) is 4.79 Å². The summed E-state index contributed by atoms with van der Waals surface area (Å²) in [7, 11) is 2.44. The molecule has 0 heterocycles. The first kappa shape index (κ1) is 20.1. The second kappa shape index (κ2) is 9.41. The summed E-state index contributed by atoms with van der Waals surface area (Å²) in [5, 5.41) is 5.11. The Labute approximate surface area is 145 Å². The minimum absolute atomic E-state index is 0.0382. The molecule has 1 aromatic carbocycles. The van der Waals surface area contributed by atoms with Gasteiger partial charge in [-0.3, -0.25) is 14.4 Å². The van der Waals surface area contributed by atoms with Gasteiger partial charge in [0.05, 0.1) is 20.1 Å². The molecule has 0 radical (unpaired) electrons. The van der Waals surface area contributed by atoms with Crippen molar-refractivity contribution in [2.45, 2.75) is 26.3 Å². The fourth-order valence-corrected chi connectivity index (χ4v) is 2.19. The van der Waals surface area contributed by atoms with E-state index in [2.05, 4.69) is 20.1 Å². The van der Waals surface area contributed by atoms with Crippen LogP contribution in [-0.4, -0.2) is 44.0 Å². The minimum atomic E-state index is -1.00. The number of carbonyl (C=O) groups excluding carboxylic acids is 4. The van der Waals surface area contributed by atoms with Gasteiger partial charge in [-0.05, 0) is 24.6 Å². The Bertz CT molecular complexity index is 658. The van der Waals surface area contributed by atoms with Crippen molar-refractivity contribution < 1.29 is 28.7 Å². The Morgan fingerprint density at radius 3 is 2.28 bits per heavy atom. The monoisotopic (exact) mass is 350 g/mol. The van der Waals surface area contributed by atoms with Gasteiger partial charge in [-0.15, -0.1) is 0 Å². The number of rotatable bonds is 7. The smallest absolute Gasteiger partial charge is 0.328 e. The minimum Gasteiger partial charge on any atom is -0.469 e. The summed E-state index contributed by atoms with van der Waals surface area (Å²) in [6, 6.07) is 5.25. The number of hydrogen-bond acceptors (Lipinski definition) is 6. The molecule has 0 unspecified atom stereocenters. The Balaban J connectivity index is 2.89. The summed E-state index contributed by atoms with van der Waals surface area (Å²) in [4.78, 5) is 46.9. The zero-order chi connectivity index (χ0) is 19.0. The summed E-state index contributed by atoms with van der Waals surface area (Å²) in [6.07, 6.45) is 0.0382. The molecule has 1 aromatic rings. The third-order valence-electron chi connectivity index (χ3n) is 3.43. The topological polar surface area (TPSA) is 111 Å². The maximum Gasteiger partial charge on any atom is 0.328 e. The second-order valence-electron chi connectivity index (χ2n) is 5.47. The molecule has 8 heteroatoms. The van der Waals surface area contributed by atoms with Crippen molar-refractivity contribution in [3.63, 3.8) is 0 Å². The molecule has 0 spiro atoms. The number of hydrogen-bond donors (Lipinski definition) is 2. The average molecular weight is 350 g/mol. The van der Waals surface area contributed by atoms with Crippen LogP contribution in [-0.2, 0) is 23.9 Å². The first-order chi connectivity index (χ1) is 11.8. The molecule has 0 aromatic heterocycles. The first-order valence-electron chi connectivity index (χ1n) is 7.62. The van der Waals surface area contributed by atoms with E-state index in [1.54, 1.807) is 25.1 Å². The number of esters is 2. The van der Waals surface area contributed by atoms with E-state index < -0.39 is 29.8 Å². The molecule has 0 fully saturated rings. The number of carbonyl (C=O) groups is 4. The Hall–Kier alpha value is -2.90. The maximum atomic E-state index is 12.4. The number of ether oxygens (including phenoxy) is 2. The zero-order valence-electron chi connectivity index (χ0n) is 14.6. The number of methoxy groups -OCH3 is 2. The summed E-state index contributed by atoms with van der Waals surface area (Å²) >= 11 is 0. The van der Waals surface area contributed by atoms with Gasteiger partial charge >= 0.3 is 11.9 Å². The maximum absolute atomic E-state index is 12.4. The predicted molar refractivity (Wildman–Crippen MR) is 89.8 cm³/mol. The molecule has 136 valence electrons. The van der Waals surface area contributed by atoms with Crippen molar-refractivity contribution in [2.24, 2.45) is 5.92 Å². The predicted octanol–water partition coefficient (Wildman–Crippen LogP) is 1.12. The Morgan fingerprint density at radius 2 is 1.72 bits per heavy atom. The van der Waals surface area contributed by atoms with E-state index in [0.29, 0.717) is 5.69 Å². The second-order valence-corrected chi connectivity index (χ2v) is 5.47. The van der Waals surface area contributed by atoms with Crippen LogP contribution in [0, 0.1) is 5.92 Å². The zero-order valence-corrected chi connectivity index (χ0v) is 14.6. The largest absolute Gasteiger partial charge is 0.469 e. The van der Waals surface area contributed by atoms with Gasteiger partial charge in [0.2, 0.25) is 5.91 Å².